The molecule has 1 fully saturated rings. The SMILES string of the molecule is COC(=O)c1cccc(N2CCNC(=O)C2)c1F. The number of methoxy groups -OCH3 is 1. The largest absolute Gasteiger partial charge is 0.465 e. The molecule has 0 saturated carbocycles. The maximum Gasteiger partial charge on any atom is 0.340 e. The van der Waals surface area contributed by atoms with Gasteiger partial charge in [-0.15, -0.1) is 0 Å². The van der Waals surface area contributed by atoms with Gasteiger partial charge in [0.1, 0.15) is 0 Å². The molecule has 96 valence electrons. The fourth-order valence-corrected chi connectivity index (χ4v) is 1.88. The Morgan fingerprint density at radius 1 is 1.50 bits per heavy atom. The minimum absolute atomic E-state index is 0.0849. The molecule has 1 aliphatic heterocycles. The number of anilines is 1. The number of piperazine rings is 1. The number of nitrogens with zero attached hydrogens (tertiary/aromatic N) is 1. The summed E-state index contributed by atoms with van der Waals surface area (Å²) in [5.41, 5.74) is 0.119. The van der Waals surface area contributed by atoms with Crippen molar-refractivity contribution in [1.82, 2.24) is 5.32 Å². The fourth-order valence-electron chi connectivity index (χ4n) is 1.88. The molecule has 1 aromatic rings. The summed E-state index contributed by atoms with van der Waals surface area (Å²) in [5.74, 6) is -1.54. The Morgan fingerprint density at radius 3 is 2.94 bits per heavy atom. The molecule has 1 aliphatic rings. The Bertz CT molecular complexity index is 490. The summed E-state index contributed by atoms with van der Waals surface area (Å²) < 4.78 is 18.7. The quantitative estimate of drug-likeness (QED) is 0.781. The van der Waals surface area contributed by atoms with Gasteiger partial charge in [-0.1, -0.05) is 6.07 Å². The zero-order valence-corrected chi connectivity index (χ0v) is 9.90. The number of carbonyl (C=O) groups excluding carboxylic acids is 2. The van der Waals surface area contributed by atoms with Gasteiger partial charge in [-0.2, -0.15) is 0 Å². The molecule has 1 amide bonds. The van der Waals surface area contributed by atoms with Crippen LogP contribution in [0.1, 0.15) is 10.4 Å². The van der Waals surface area contributed by atoms with Crippen molar-refractivity contribution < 1.29 is 18.7 Å². The van der Waals surface area contributed by atoms with Crippen LogP contribution in [0, 0.1) is 5.82 Å². The van der Waals surface area contributed by atoms with E-state index in [1.165, 1.54) is 13.2 Å². The molecule has 18 heavy (non-hydrogen) atoms. The minimum Gasteiger partial charge on any atom is -0.465 e. The van der Waals surface area contributed by atoms with Crippen LogP contribution in [0.4, 0.5) is 10.1 Å². The van der Waals surface area contributed by atoms with Gasteiger partial charge in [0.05, 0.1) is 24.9 Å². The van der Waals surface area contributed by atoms with Crippen molar-refractivity contribution in [2.75, 3.05) is 31.6 Å². The number of nitrogens with one attached hydrogen (secondary N) is 1. The number of benzene rings is 1. The average molecular weight is 252 g/mol. The lowest BCUT2D eigenvalue weighted by Gasteiger charge is -2.29. The number of carbonyl (C=O) groups is 2. The zero-order valence-electron chi connectivity index (χ0n) is 9.90. The van der Waals surface area contributed by atoms with Gasteiger partial charge in [-0.3, -0.25) is 4.79 Å². The zero-order chi connectivity index (χ0) is 13.1. The van der Waals surface area contributed by atoms with E-state index >= 15 is 0 Å². The van der Waals surface area contributed by atoms with Gasteiger partial charge in [-0.25, -0.2) is 9.18 Å². The summed E-state index contributed by atoms with van der Waals surface area (Å²) in [6.07, 6.45) is 0. The second-order valence-electron chi connectivity index (χ2n) is 3.90. The van der Waals surface area contributed by atoms with Gasteiger partial charge in [-0.05, 0) is 12.1 Å². The second-order valence-corrected chi connectivity index (χ2v) is 3.90. The van der Waals surface area contributed by atoms with E-state index in [9.17, 15) is 14.0 Å². The lowest BCUT2D eigenvalue weighted by Crippen LogP contribution is -2.48. The lowest BCUT2D eigenvalue weighted by molar-refractivity contribution is -0.120. The number of hydrogen-bond donors (Lipinski definition) is 1. The van der Waals surface area contributed by atoms with Crippen molar-refractivity contribution >= 4 is 17.6 Å². The third kappa shape index (κ3) is 2.27. The van der Waals surface area contributed by atoms with E-state index < -0.39 is 11.8 Å². The molecule has 0 bridgehead atoms. The van der Waals surface area contributed by atoms with Crippen molar-refractivity contribution in [3.63, 3.8) is 0 Å². The Labute approximate surface area is 104 Å². The molecular formula is C12H13FN2O3. The van der Waals surface area contributed by atoms with Crippen LogP contribution < -0.4 is 10.2 Å². The van der Waals surface area contributed by atoms with Crippen molar-refractivity contribution in [2.24, 2.45) is 0 Å². The standard InChI is InChI=1S/C12H13FN2O3/c1-18-12(17)8-3-2-4-9(11(8)13)15-6-5-14-10(16)7-15/h2-4H,5-7H2,1H3,(H,14,16). The summed E-state index contributed by atoms with van der Waals surface area (Å²) in [6.45, 7) is 1.05. The molecule has 0 radical (unpaired) electrons. The van der Waals surface area contributed by atoms with Crippen LogP contribution in [0.3, 0.4) is 0 Å². The summed E-state index contributed by atoms with van der Waals surface area (Å²) in [4.78, 5) is 24.2. The third-order valence-corrected chi connectivity index (χ3v) is 2.76. The summed E-state index contributed by atoms with van der Waals surface area (Å²) >= 11 is 0. The first-order chi connectivity index (χ1) is 8.63. The molecule has 6 heteroatoms. The predicted octanol–water partition coefficient (Wildman–Crippen LogP) is 0.548. The number of hydrogen-bond acceptors (Lipinski definition) is 4. The Hall–Kier alpha value is -2.11. The van der Waals surface area contributed by atoms with Crippen LogP contribution >= 0.6 is 0 Å². The molecule has 0 unspecified atom stereocenters. The fraction of sp³-hybridized carbons (Fsp3) is 0.333. The van der Waals surface area contributed by atoms with Crippen molar-refractivity contribution in [1.29, 1.82) is 0 Å². The van der Waals surface area contributed by atoms with Gasteiger partial charge in [0.2, 0.25) is 5.91 Å². The molecule has 0 aliphatic carbocycles. The maximum atomic E-state index is 14.1. The van der Waals surface area contributed by atoms with Crippen molar-refractivity contribution in [3.05, 3.63) is 29.6 Å². The number of halogens is 1. The van der Waals surface area contributed by atoms with E-state index in [2.05, 4.69) is 10.1 Å². The number of rotatable bonds is 2. The molecule has 0 aromatic heterocycles. The monoisotopic (exact) mass is 252 g/mol. The number of esters is 1. The first-order valence-corrected chi connectivity index (χ1v) is 5.52. The summed E-state index contributed by atoms with van der Waals surface area (Å²) in [6, 6.07) is 4.46. The van der Waals surface area contributed by atoms with Gasteiger partial charge < -0.3 is 15.0 Å². The van der Waals surface area contributed by atoms with E-state index in [1.54, 1.807) is 17.0 Å². The Kier molecular flexibility index (Phi) is 3.45. The Morgan fingerprint density at radius 2 is 2.28 bits per heavy atom. The van der Waals surface area contributed by atoms with Crippen LogP contribution in [0.25, 0.3) is 0 Å². The van der Waals surface area contributed by atoms with E-state index in [-0.39, 0.29) is 23.7 Å². The van der Waals surface area contributed by atoms with Gasteiger partial charge in [0, 0.05) is 13.1 Å². The highest BCUT2D eigenvalue weighted by Crippen LogP contribution is 2.23. The van der Waals surface area contributed by atoms with E-state index in [1.807, 2.05) is 0 Å². The minimum atomic E-state index is -0.726. The first-order valence-electron chi connectivity index (χ1n) is 5.52. The molecule has 0 spiro atoms. The Balaban J connectivity index is 2.33. The number of amides is 1. The topological polar surface area (TPSA) is 58.6 Å². The smallest absolute Gasteiger partial charge is 0.340 e. The van der Waals surface area contributed by atoms with E-state index in [0.29, 0.717) is 13.1 Å². The molecular weight excluding hydrogens is 239 g/mol. The molecule has 1 N–H and O–H groups in total. The average Bonchev–Trinajstić information content (AvgIpc) is 2.38. The highest BCUT2D eigenvalue weighted by molar-refractivity contribution is 5.91. The van der Waals surface area contributed by atoms with Gasteiger partial charge in [0.15, 0.2) is 5.82 Å². The summed E-state index contributed by atoms with van der Waals surface area (Å²) in [5, 5.41) is 2.66. The van der Waals surface area contributed by atoms with E-state index in [4.69, 9.17) is 0 Å². The number of ether oxygens (including phenoxy) is 1. The summed E-state index contributed by atoms with van der Waals surface area (Å²) in [7, 11) is 1.20. The van der Waals surface area contributed by atoms with Gasteiger partial charge >= 0.3 is 5.97 Å². The molecule has 5 nitrogen and oxygen atoms in total. The highest BCUT2D eigenvalue weighted by Gasteiger charge is 2.22. The van der Waals surface area contributed by atoms with E-state index in [0.717, 1.165) is 0 Å². The second kappa shape index (κ2) is 5.03. The van der Waals surface area contributed by atoms with Crippen molar-refractivity contribution in [2.45, 2.75) is 0 Å². The highest BCUT2D eigenvalue weighted by atomic mass is 19.1. The maximum absolute atomic E-state index is 14.1. The van der Waals surface area contributed by atoms with Crippen molar-refractivity contribution in [3.8, 4) is 0 Å². The van der Waals surface area contributed by atoms with Crippen LogP contribution in [-0.2, 0) is 9.53 Å². The normalized spacial score (nSPS) is 15.2. The molecule has 0 atom stereocenters. The molecule has 1 saturated heterocycles. The van der Waals surface area contributed by atoms with Crippen LogP contribution in [-0.4, -0.2) is 38.6 Å². The molecule has 1 aromatic carbocycles. The predicted molar refractivity (Wildman–Crippen MR) is 63.0 cm³/mol. The van der Waals surface area contributed by atoms with Crippen LogP contribution in [0.5, 0.6) is 0 Å². The van der Waals surface area contributed by atoms with Crippen LogP contribution in [0.2, 0.25) is 0 Å². The molecule has 1 heterocycles. The lowest BCUT2D eigenvalue weighted by atomic mass is 10.1. The van der Waals surface area contributed by atoms with Crippen LogP contribution in [0.15, 0.2) is 18.2 Å². The first kappa shape index (κ1) is 12.3. The van der Waals surface area contributed by atoms with Gasteiger partial charge in [0.25, 0.3) is 0 Å². The third-order valence-electron chi connectivity index (χ3n) is 2.76. The molecule has 2 rings (SSSR count).